The number of aromatic nitrogens is 1. The van der Waals surface area contributed by atoms with E-state index in [-0.39, 0.29) is 0 Å². The van der Waals surface area contributed by atoms with Crippen LogP contribution in [0.2, 0.25) is 0 Å². The molecule has 0 saturated heterocycles. The quantitative estimate of drug-likeness (QED) is 0.602. The van der Waals surface area contributed by atoms with Gasteiger partial charge >= 0.3 is 0 Å². The van der Waals surface area contributed by atoms with Crippen LogP contribution in [0, 0.1) is 6.07 Å². The Bertz CT molecular complexity index is 553. The summed E-state index contributed by atoms with van der Waals surface area (Å²) in [5, 5.41) is 0. The molecule has 2 heterocycles. The number of thiazole rings is 1. The van der Waals surface area contributed by atoms with Crippen LogP contribution in [0.15, 0.2) is 40.5 Å². The van der Waals surface area contributed by atoms with Gasteiger partial charge in [-0.3, -0.25) is 0 Å². The van der Waals surface area contributed by atoms with E-state index in [1.54, 1.807) is 23.7 Å². The Labute approximate surface area is 84.8 Å². The van der Waals surface area contributed by atoms with Gasteiger partial charge in [0.15, 0.2) is 0 Å². The van der Waals surface area contributed by atoms with Gasteiger partial charge in [0.25, 0.3) is 0 Å². The summed E-state index contributed by atoms with van der Waals surface area (Å²) in [7, 11) is 0. The lowest BCUT2D eigenvalue weighted by molar-refractivity contribution is 0.582. The van der Waals surface area contributed by atoms with Gasteiger partial charge in [-0.25, -0.2) is 4.98 Å². The number of rotatable bonds is 1. The molecule has 2 aromatic heterocycles. The minimum Gasteiger partial charge on any atom is -0.464 e. The van der Waals surface area contributed by atoms with Crippen LogP contribution in [-0.4, -0.2) is 4.98 Å². The van der Waals surface area contributed by atoms with E-state index in [2.05, 4.69) is 11.1 Å². The average Bonchev–Trinajstić information content (AvgIpc) is 2.88. The Morgan fingerprint density at radius 3 is 3.21 bits per heavy atom. The summed E-state index contributed by atoms with van der Waals surface area (Å²) in [5.41, 5.74) is 3.92. The van der Waals surface area contributed by atoms with Crippen LogP contribution in [0.1, 0.15) is 0 Å². The molecule has 0 amide bonds. The fraction of sp³-hybridized carbons (Fsp3) is 0. The molecule has 0 aliphatic heterocycles. The van der Waals surface area contributed by atoms with Crippen LogP contribution >= 0.6 is 11.3 Å². The van der Waals surface area contributed by atoms with Crippen LogP contribution in [0.5, 0.6) is 0 Å². The normalized spacial score (nSPS) is 10.9. The molecule has 0 N–H and O–H groups in total. The number of furan rings is 1. The Morgan fingerprint density at radius 2 is 2.36 bits per heavy atom. The summed E-state index contributed by atoms with van der Waals surface area (Å²) in [6, 6.07) is 10.8. The van der Waals surface area contributed by atoms with Gasteiger partial charge in [0.05, 0.1) is 22.0 Å². The Morgan fingerprint density at radius 1 is 1.36 bits per heavy atom. The molecule has 0 spiro atoms. The molecule has 0 saturated carbocycles. The first-order chi connectivity index (χ1) is 6.95. The molecule has 0 aliphatic carbocycles. The topological polar surface area (TPSA) is 26.0 Å². The van der Waals surface area contributed by atoms with Crippen LogP contribution in [0.3, 0.4) is 0 Å². The largest absolute Gasteiger partial charge is 0.464 e. The van der Waals surface area contributed by atoms with Crippen molar-refractivity contribution in [2.75, 3.05) is 0 Å². The molecule has 0 atom stereocenters. The standard InChI is InChI=1S/C11H6NOS/c1-3-8(10-5-2-6-13-10)11-9(4-1)12-7-14-11/h1-4,6-7H. The lowest BCUT2D eigenvalue weighted by Gasteiger charge is -1.96. The van der Waals surface area contributed by atoms with Crippen molar-refractivity contribution in [3.05, 3.63) is 42.1 Å². The Hall–Kier alpha value is -1.61. The highest BCUT2D eigenvalue weighted by molar-refractivity contribution is 7.17. The van der Waals surface area contributed by atoms with Crippen molar-refractivity contribution in [2.24, 2.45) is 0 Å². The second-order valence-electron chi connectivity index (χ2n) is 2.90. The van der Waals surface area contributed by atoms with Gasteiger partial charge in [-0.05, 0) is 18.2 Å². The lowest BCUT2D eigenvalue weighted by atomic mass is 10.1. The Balaban J connectivity index is 2.36. The summed E-state index contributed by atoms with van der Waals surface area (Å²) >= 11 is 1.62. The van der Waals surface area contributed by atoms with Gasteiger partial charge in [0, 0.05) is 11.6 Å². The maximum Gasteiger partial charge on any atom is 0.143 e. The number of benzene rings is 1. The average molecular weight is 200 g/mol. The molecule has 14 heavy (non-hydrogen) atoms. The summed E-state index contributed by atoms with van der Waals surface area (Å²) in [4.78, 5) is 4.25. The molecular formula is C11H6NOS. The van der Waals surface area contributed by atoms with Gasteiger partial charge in [-0.2, -0.15) is 0 Å². The fourth-order valence-corrected chi connectivity index (χ4v) is 2.25. The Kier molecular flexibility index (Phi) is 1.64. The molecule has 3 heteroatoms. The van der Waals surface area contributed by atoms with E-state index in [1.165, 1.54) is 0 Å². The van der Waals surface area contributed by atoms with Crippen LogP contribution in [0.25, 0.3) is 21.5 Å². The third-order valence-corrected chi connectivity index (χ3v) is 2.95. The summed E-state index contributed by atoms with van der Waals surface area (Å²) in [6.07, 6.45) is 1.63. The van der Waals surface area contributed by atoms with Crippen molar-refractivity contribution in [3.8, 4) is 11.3 Å². The number of fused-ring (bicyclic) bond motifs is 1. The zero-order valence-electron chi connectivity index (χ0n) is 7.23. The highest BCUT2D eigenvalue weighted by atomic mass is 32.1. The SMILES string of the molecule is [c]1ccoc1-c1cccc2ncsc12. The molecule has 3 rings (SSSR count). The molecule has 0 fully saturated rings. The van der Waals surface area contributed by atoms with Crippen LogP contribution in [0.4, 0.5) is 0 Å². The summed E-state index contributed by atoms with van der Waals surface area (Å²) in [5.74, 6) is 0.778. The second kappa shape index (κ2) is 2.96. The van der Waals surface area contributed by atoms with E-state index in [4.69, 9.17) is 4.42 Å². The van der Waals surface area contributed by atoms with Gasteiger partial charge in [-0.15, -0.1) is 11.3 Å². The van der Waals surface area contributed by atoms with E-state index >= 15 is 0 Å². The first-order valence-electron chi connectivity index (χ1n) is 4.23. The van der Waals surface area contributed by atoms with Crippen LogP contribution in [-0.2, 0) is 0 Å². The summed E-state index contributed by atoms with van der Waals surface area (Å²) < 4.78 is 6.47. The van der Waals surface area contributed by atoms with Gasteiger partial charge < -0.3 is 4.42 Å². The maximum absolute atomic E-state index is 5.32. The highest BCUT2D eigenvalue weighted by Crippen LogP contribution is 2.30. The van der Waals surface area contributed by atoms with E-state index < -0.39 is 0 Å². The molecule has 67 valence electrons. The third-order valence-electron chi connectivity index (χ3n) is 2.07. The van der Waals surface area contributed by atoms with Crippen molar-refractivity contribution in [2.45, 2.75) is 0 Å². The zero-order valence-corrected chi connectivity index (χ0v) is 8.04. The number of hydrogen-bond donors (Lipinski definition) is 0. The van der Waals surface area contributed by atoms with Gasteiger partial charge in [0.1, 0.15) is 5.76 Å². The first-order valence-corrected chi connectivity index (χ1v) is 5.11. The van der Waals surface area contributed by atoms with Crippen molar-refractivity contribution < 1.29 is 4.42 Å². The minimum atomic E-state index is 0.778. The molecule has 0 bridgehead atoms. The zero-order chi connectivity index (χ0) is 9.38. The van der Waals surface area contributed by atoms with E-state index in [9.17, 15) is 0 Å². The van der Waals surface area contributed by atoms with Crippen LogP contribution < -0.4 is 0 Å². The van der Waals surface area contributed by atoms with Crippen molar-refractivity contribution in [1.29, 1.82) is 0 Å². The molecule has 1 aromatic carbocycles. The predicted octanol–water partition coefficient (Wildman–Crippen LogP) is 3.36. The van der Waals surface area contributed by atoms with E-state index in [0.717, 1.165) is 21.5 Å². The smallest absolute Gasteiger partial charge is 0.143 e. The predicted molar refractivity (Wildman–Crippen MR) is 56.2 cm³/mol. The minimum absolute atomic E-state index is 0.778. The molecule has 0 aliphatic rings. The third kappa shape index (κ3) is 1.06. The highest BCUT2D eigenvalue weighted by Gasteiger charge is 2.07. The maximum atomic E-state index is 5.32. The fourth-order valence-electron chi connectivity index (χ4n) is 1.45. The summed E-state index contributed by atoms with van der Waals surface area (Å²) in [6.45, 7) is 0. The van der Waals surface area contributed by atoms with E-state index in [1.807, 2.05) is 23.7 Å². The monoisotopic (exact) mass is 200 g/mol. The molecule has 0 unspecified atom stereocenters. The van der Waals surface area contributed by atoms with Crippen molar-refractivity contribution in [1.82, 2.24) is 4.98 Å². The van der Waals surface area contributed by atoms with Gasteiger partial charge in [0.2, 0.25) is 0 Å². The molecule has 2 nitrogen and oxygen atoms in total. The molecular weight excluding hydrogens is 194 g/mol. The number of hydrogen-bond acceptors (Lipinski definition) is 3. The lowest BCUT2D eigenvalue weighted by Crippen LogP contribution is -1.74. The molecule has 3 aromatic rings. The number of nitrogens with zero attached hydrogens (tertiary/aromatic N) is 1. The second-order valence-corrected chi connectivity index (χ2v) is 3.76. The first kappa shape index (κ1) is 7.76. The van der Waals surface area contributed by atoms with E-state index in [0.29, 0.717) is 0 Å². The van der Waals surface area contributed by atoms with Crippen molar-refractivity contribution in [3.63, 3.8) is 0 Å². The van der Waals surface area contributed by atoms with Gasteiger partial charge in [-0.1, -0.05) is 6.07 Å². The molecule has 1 radical (unpaired) electrons. The van der Waals surface area contributed by atoms with Crippen molar-refractivity contribution >= 4 is 21.6 Å².